The molecule has 1 aromatic heterocycles. The van der Waals surface area contributed by atoms with Crippen LogP contribution in [0.5, 0.6) is 0 Å². The molecule has 1 aromatic rings. The normalized spacial score (nSPS) is 13.1. The fourth-order valence-corrected chi connectivity index (χ4v) is 2.50. The summed E-state index contributed by atoms with van der Waals surface area (Å²) in [5.41, 5.74) is 1.46. The zero-order valence-corrected chi connectivity index (χ0v) is 9.70. The van der Waals surface area contributed by atoms with Crippen molar-refractivity contribution in [1.82, 2.24) is 0 Å². The molecule has 1 atom stereocenters. The number of alkyl halides is 1. The Morgan fingerprint density at radius 2 is 2.31 bits per heavy atom. The van der Waals surface area contributed by atoms with Gasteiger partial charge in [-0.1, -0.05) is 13.3 Å². The molecule has 0 fully saturated rings. The van der Waals surface area contributed by atoms with Crippen molar-refractivity contribution < 1.29 is 0 Å². The van der Waals surface area contributed by atoms with Gasteiger partial charge in [-0.05, 0) is 48.1 Å². The lowest BCUT2D eigenvalue weighted by Gasteiger charge is -2.06. The molecule has 0 spiro atoms. The Hall–Kier alpha value is -0.0100. The Balaban J connectivity index is 2.07. The fourth-order valence-electron chi connectivity index (χ4n) is 1.42. The zero-order chi connectivity index (χ0) is 9.52. The molecule has 0 aliphatic carbocycles. The third-order valence-electron chi connectivity index (χ3n) is 2.16. The molecular weight excluding hydrogens is 200 g/mol. The molecule has 13 heavy (non-hydrogen) atoms. The highest BCUT2D eigenvalue weighted by atomic mass is 35.5. The van der Waals surface area contributed by atoms with Crippen LogP contribution in [0.4, 0.5) is 0 Å². The first kappa shape index (κ1) is 11.1. The predicted octanol–water partition coefficient (Wildman–Crippen LogP) is 4.48. The molecule has 0 bridgehead atoms. The van der Waals surface area contributed by atoms with Gasteiger partial charge in [0.25, 0.3) is 0 Å². The minimum atomic E-state index is 0.392. The third kappa shape index (κ3) is 4.68. The average Bonchev–Trinajstić information content (AvgIpc) is 2.57. The van der Waals surface area contributed by atoms with E-state index in [0.29, 0.717) is 5.38 Å². The molecule has 0 saturated carbocycles. The van der Waals surface area contributed by atoms with Crippen LogP contribution >= 0.6 is 22.9 Å². The highest BCUT2D eigenvalue weighted by Gasteiger charge is 2.02. The lowest BCUT2D eigenvalue weighted by Crippen LogP contribution is -1.98. The maximum absolute atomic E-state index is 6.12. The Bertz CT molecular complexity index is 206. The molecule has 1 rings (SSSR count). The highest BCUT2D eigenvalue weighted by molar-refractivity contribution is 7.07. The molecule has 0 N–H and O–H groups in total. The third-order valence-corrected chi connectivity index (χ3v) is 3.33. The van der Waals surface area contributed by atoms with Crippen molar-refractivity contribution in [2.45, 2.75) is 44.4 Å². The summed E-state index contributed by atoms with van der Waals surface area (Å²) in [7, 11) is 0. The van der Waals surface area contributed by atoms with E-state index in [9.17, 15) is 0 Å². The van der Waals surface area contributed by atoms with Gasteiger partial charge in [0.15, 0.2) is 0 Å². The predicted molar refractivity (Wildman–Crippen MR) is 61.8 cm³/mol. The fraction of sp³-hybridized carbons (Fsp3) is 0.636. The van der Waals surface area contributed by atoms with Crippen molar-refractivity contribution in [3.63, 3.8) is 0 Å². The van der Waals surface area contributed by atoms with Crippen molar-refractivity contribution in [3.8, 4) is 0 Å². The summed E-state index contributed by atoms with van der Waals surface area (Å²) in [5, 5.41) is 4.76. The second-order valence-corrected chi connectivity index (χ2v) is 4.81. The summed E-state index contributed by atoms with van der Waals surface area (Å²) in [6, 6.07) is 2.20. The van der Waals surface area contributed by atoms with Gasteiger partial charge in [-0.25, -0.2) is 0 Å². The molecule has 1 unspecified atom stereocenters. The molecule has 0 aliphatic heterocycles. The van der Waals surface area contributed by atoms with Gasteiger partial charge in [-0.3, -0.25) is 0 Å². The largest absolute Gasteiger partial charge is 0.152 e. The number of hydrogen-bond donors (Lipinski definition) is 0. The standard InChI is InChI=1S/C11H17ClS/c1-2-4-11(12)6-3-5-10-7-8-13-9-10/h7-9,11H,2-6H2,1H3. The van der Waals surface area contributed by atoms with E-state index in [0.717, 1.165) is 12.8 Å². The van der Waals surface area contributed by atoms with Gasteiger partial charge in [-0.15, -0.1) is 11.6 Å². The Morgan fingerprint density at radius 1 is 1.46 bits per heavy atom. The highest BCUT2D eigenvalue weighted by Crippen LogP contribution is 2.15. The second-order valence-electron chi connectivity index (χ2n) is 3.41. The molecule has 0 nitrogen and oxygen atoms in total. The van der Waals surface area contributed by atoms with Crippen molar-refractivity contribution in [3.05, 3.63) is 22.4 Å². The molecule has 74 valence electrons. The smallest absolute Gasteiger partial charge is 0.0336 e. The maximum Gasteiger partial charge on any atom is 0.0336 e. The Labute approximate surface area is 89.9 Å². The van der Waals surface area contributed by atoms with Crippen LogP contribution < -0.4 is 0 Å². The summed E-state index contributed by atoms with van der Waals surface area (Å²) >= 11 is 7.90. The molecule has 0 aromatic carbocycles. The van der Waals surface area contributed by atoms with E-state index in [1.807, 2.05) is 0 Å². The van der Waals surface area contributed by atoms with Crippen molar-refractivity contribution >= 4 is 22.9 Å². The topological polar surface area (TPSA) is 0 Å². The van der Waals surface area contributed by atoms with Crippen LogP contribution in [0.1, 0.15) is 38.2 Å². The lowest BCUT2D eigenvalue weighted by molar-refractivity contribution is 0.641. The Morgan fingerprint density at radius 3 is 2.92 bits per heavy atom. The van der Waals surface area contributed by atoms with Gasteiger partial charge in [-0.2, -0.15) is 11.3 Å². The van der Waals surface area contributed by atoms with Gasteiger partial charge >= 0.3 is 0 Å². The SMILES string of the molecule is CCCC(Cl)CCCc1ccsc1. The van der Waals surface area contributed by atoms with E-state index in [1.165, 1.54) is 24.8 Å². The summed E-state index contributed by atoms with van der Waals surface area (Å²) in [6.45, 7) is 2.19. The van der Waals surface area contributed by atoms with Crippen LogP contribution in [0.3, 0.4) is 0 Å². The molecule has 1 heterocycles. The van der Waals surface area contributed by atoms with Crippen molar-refractivity contribution in [1.29, 1.82) is 0 Å². The van der Waals surface area contributed by atoms with Gasteiger partial charge in [0.1, 0.15) is 0 Å². The number of hydrogen-bond acceptors (Lipinski definition) is 1. The first-order valence-corrected chi connectivity index (χ1v) is 6.36. The quantitative estimate of drug-likeness (QED) is 0.616. The zero-order valence-electron chi connectivity index (χ0n) is 8.13. The van der Waals surface area contributed by atoms with E-state index < -0.39 is 0 Å². The van der Waals surface area contributed by atoms with Crippen LogP contribution in [0.2, 0.25) is 0 Å². The van der Waals surface area contributed by atoms with E-state index in [2.05, 4.69) is 23.8 Å². The summed E-state index contributed by atoms with van der Waals surface area (Å²) in [6.07, 6.45) is 5.93. The molecule has 0 radical (unpaired) electrons. The summed E-state index contributed by atoms with van der Waals surface area (Å²) < 4.78 is 0. The number of halogens is 1. The first-order valence-electron chi connectivity index (χ1n) is 4.98. The summed E-state index contributed by atoms with van der Waals surface area (Å²) in [5.74, 6) is 0. The Kier molecular flexibility index (Phi) is 5.49. The molecule has 0 amide bonds. The average molecular weight is 217 g/mol. The van der Waals surface area contributed by atoms with Crippen LogP contribution in [0, 0.1) is 0 Å². The monoisotopic (exact) mass is 216 g/mol. The van der Waals surface area contributed by atoms with Crippen LogP contribution in [-0.4, -0.2) is 5.38 Å². The minimum Gasteiger partial charge on any atom is -0.152 e. The van der Waals surface area contributed by atoms with Crippen LogP contribution in [-0.2, 0) is 6.42 Å². The first-order chi connectivity index (χ1) is 6.33. The molecule has 2 heteroatoms. The van der Waals surface area contributed by atoms with E-state index in [1.54, 1.807) is 11.3 Å². The van der Waals surface area contributed by atoms with Crippen molar-refractivity contribution in [2.24, 2.45) is 0 Å². The van der Waals surface area contributed by atoms with E-state index in [-0.39, 0.29) is 0 Å². The van der Waals surface area contributed by atoms with Crippen LogP contribution in [0.25, 0.3) is 0 Å². The number of rotatable bonds is 6. The van der Waals surface area contributed by atoms with E-state index >= 15 is 0 Å². The minimum absolute atomic E-state index is 0.392. The maximum atomic E-state index is 6.12. The number of thiophene rings is 1. The van der Waals surface area contributed by atoms with Crippen molar-refractivity contribution in [2.75, 3.05) is 0 Å². The summed E-state index contributed by atoms with van der Waals surface area (Å²) in [4.78, 5) is 0. The second kappa shape index (κ2) is 6.44. The van der Waals surface area contributed by atoms with Crippen LogP contribution in [0.15, 0.2) is 16.8 Å². The molecular formula is C11H17ClS. The lowest BCUT2D eigenvalue weighted by atomic mass is 10.1. The number of aryl methyl sites for hydroxylation is 1. The van der Waals surface area contributed by atoms with E-state index in [4.69, 9.17) is 11.6 Å². The van der Waals surface area contributed by atoms with Gasteiger partial charge in [0.2, 0.25) is 0 Å². The molecule has 0 aliphatic rings. The molecule has 0 saturated heterocycles. The van der Waals surface area contributed by atoms with Gasteiger partial charge < -0.3 is 0 Å². The van der Waals surface area contributed by atoms with Gasteiger partial charge in [0, 0.05) is 5.38 Å². The van der Waals surface area contributed by atoms with Gasteiger partial charge in [0.05, 0.1) is 0 Å².